The van der Waals surface area contributed by atoms with Crippen LogP contribution >= 0.6 is 12.6 Å². The van der Waals surface area contributed by atoms with Gasteiger partial charge in [-0.25, -0.2) is 0 Å². The Kier molecular flexibility index (Phi) is 4.05. The highest BCUT2D eigenvalue weighted by Crippen LogP contribution is 2.26. The van der Waals surface area contributed by atoms with Gasteiger partial charge in [-0.15, -0.1) is 12.6 Å². The molecule has 0 unspecified atom stereocenters. The molecule has 72 valence electrons. The normalized spacial score (nSPS) is 19.1. The third kappa shape index (κ3) is 2.52. The highest BCUT2D eigenvalue weighted by molar-refractivity contribution is 7.84. The van der Waals surface area contributed by atoms with Gasteiger partial charge in [0, 0.05) is 11.1 Å². The summed E-state index contributed by atoms with van der Waals surface area (Å²) in [5.41, 5.74) is 3.37. The zero-order valence-electron chi connectivity index (χ0n) is 7.44. The molecule has 0 heterocycles. The molecule has 1 aliphatic carbocycles. The van der Waals surface area contributed by atoms with Crippen molar-refractivity contribution in [3.8, 4) is 6.07 Å². The molecule has 0 saturated carbocycles. The Balaban J connectivity index is 2.93. The molecule has 14 heavy (non-hydrogen) atoms. The summed E-state index contributed by atoms with van der Waals surface area (Å²) in [7, 11) is 0. The lowest BCUT2D eigenvalue weighted by Crippen LogP contribution is -1.94. The summed E-state index contributed by atoms with van der Waals surface area (Å²) in [6.07, 6.45) is 9.23. The van der Waals surface area contributed by atoms with E-state index in [4.69, 9.17) is 10.5 Å². The minimum atomic E-state index is 0.582. The molecule has 1 rings (SSSR count). The Morgan fingerprint density at radius 2 is 2.43 bits per heavy atom. The van der Waals surface area contributed by atoms with E-state index in [1.807, 2.05) is 17.6 Å². The lowest BCUT2D eigenvalue weighted by molar-refractivity contribution is 0.214. The summed E-state index contributed by atoms with van der Waals surface area (Å²) in [5, 5.41) is 17.2. The van der Waals surface area contributed by atoms with E-state index in [1.165, 1.54) is 6.20 Å². The van der Waals surface area contributed by atoms with Crippen molar-refractivity contribution in [1.29, 1.82) is 5.26 Å². The molecule has 0 bridgehead atoms. The predicted octanol–water partition coefficient (Wildman–Crippen LogP) is 2.07. The van der Waals surface area contributed by atoms with Crippen LogP contribution in [0.4, 0.5) is 0 Å². The number of nitriles is 1. The van der Waals surface area contributed by atoms with E-state index in [2.05, 4.69) is 18.7 Å². The van der Waals surface area contributed by atoms with Crippen molar-refractivity contribution in [3.05, 3.63) is 46.6 Å². The molecule has 1 aliphatic rings. The third-order valence-corrected chi connectivity index (χ3v) is 2.14. The quantitative estimate of drug-likeness (QED) is 0.479. The molecule has 4 heteroatoms. The molecule has 0 saturated heterocycles. The zero-order valence-corrected chi connectivity index (χ0v) is 8.33. The fourth-order valence-electron chi connectivity index (χ4n) is 1.14. The topological polar surface area (TPSA) is 56.0 Å². The largest absolute Gasteiger partial charge is 0.292 e. The van der Waals surface area contributed by atoms with Gasteiger partial charge >= 0.3 is 0 Å². The number of allylic oxidation sites excluding steroid dienone is 6. The van der Waals surface area contributed by atoms with Gasteiger partial charge in [0.1, 0.15) is 6.07 Å². The summed E-state index contributed by atoms with van der Waals surface area (Å²) in [4.78, 5) is 0.676. The molecule has 0 atom stereocenters. The lowest BCUT2D eigenvalue weighted by Gasteiger charge is -2.08. The van der Waals surface area contributed by atoms with Gasteiger partial charge in [0.2, 0.25) is 0 Å². The van der Waals surface area contributed by atoms with Gasteiger partial charge in [-0.3, -0.25) is 10.7 Å². The van der Waals surface area contributed by atoms with Crippen molar-refractivity contribution in [3.63, 3.8) is 0 Å². The average molecular weight is 206 g/mol. The molecule has 2 N–H and O–H groups in total. The van der Waals surface area contributed by atoms with E-state index in [0.29, 0.717) is 16.9 Å². The fraction of sp³-hybridized carbons (Fsp3) is 0.100. The van der Waals surface area contributed by atoms with Crippen LogP contribution in [-0.2, 0) is 0 Å². The monoisotopic (exact) mass is 206 g/mol. The number of hydrogen-bond donors (Lipinski definition) is 3. The third-order valence-electron chi connectivity index (χ3n) is 1.77. The van der Waals surface area contributed by atoms with E-state index < -0.39 is 0 Å². The van der Waals surface area contributed by atoms with Crippen LogP contribution in [-0.4, -0.2) is 5.21 Å². The van der Waals surface area contributed by atoms with Gasteiger partial charge in [0.15, 0.2) is 0 Å². The Bertz CT molecular complexity index is 372. The minimum absolute atomic E-state index is 0.582. The van der Waals surface area contributed by atoms with Crippen molar-refractivity contribution < 1.29 is 5.21 Å². The molecule has 0 fully saturated rings. The first-order valence-corrected chi connectivity index (χ1v) is 4.50. The van der Waals surface area contributed by atoms with Crippen molar-refractivity contribution in [2.24, 2.45) is 0 Å². The van der Waals surface area contributed by atoms with Gasteiger partial charge < -0.3 is 0 Å². The smallest absolute Gasteiger partial charge is 0.101 e. The Morgan fingerprint density at radius 1 is 1.64 bits per heavy atom. The number of nitrogens with one attached hydrogen (secondary N) is 1. The van der Waals surface area contributed by atoms with Gasteiger partial charge in [0.05, 0.1) is 5.57 Å². The van der Waals surface area contributed by atoms with Crippen LogP contribution in [0.3, 0.4) is 0 Å². The van der Waals surface area contributed by atoms with Crippen molar-refractivity contribution in [2.75, 3.05) is 0 Å². The molecule has 0 aliphatic heterocycles. The Morgan fingerprint density at radius 3 is 3.07 bits per heavy atom. The Hall–Kier alpha value is -1.44. The van der Waals surface area contributed by atoms with Crippen LogP contribution in [0.15, 0.2) is 46.6 Å². The fourth-order valence-corrected chi connectivity index (χ4v) is 1.43. The molecule has 3 nitrogen and oxygen atoms in total. The van der Waals surface area contributed by atoms with Gasteiger partial charge in [-0.2, -0.15) is 5.26 Å². The predicted molar refractivity (Wildman–Crippen MR) is 57.5 cm³/mol. The van der Waals surface area contributed by atoms with Crippen molar-refractivity contribution in [2.45, 2.75) is 6.42 Å². The zero-order chi connectivity index (χ0) is 10.4. The minimum Gasteiger partial charge on any atom is -0.292 e. The number of hydroxylamine groups is 1. The van der Waals surface area contributed by atoms with Crippen LogP contribution < -0.4 is 5.48 Å². The summed E-state index contributed by atoms with van der Waals surface area (Å²) in [6.45, 7) is 0. The highest BCUT2D eigenvalue weighted by Gasteiger charge is 2.09. The molecular formula is C10H10N2OS. The van der Waals surface area contributed by atoms with Gasteiger partial charge in [0.25, 0.3) is 0 Å². The first-order chi connectivity index (χ1) is 6.79. The van der Waals surface area contributed by atoms with E-state index >= 15 is 0 Å². The second-order valence-corrected chi connectivity index (χ2v) is 3.14. The maximum absolute atomic E-state index is 8.87. The van der Waals surface area contributed by atoms with Crippen molar-refractivity contribution in [1.82, 2.24) is 5.48 Å². The van der Waals surface area contributed by atoms with E-state index in [9.17, 15) is 0 Å². The molecule has 0 aromatic heterocycles. The molecule has 0 radical (unpaired) electrons. The number of hydrogen-bond acceptors (Lipinski definition) is 4. The molecular weight excluding hydrogens is 196 g/mol. The SMILES string of the molecule is N#CC1=C(S)C=CC/C1=C\C=C/NO. The first-order valence-electron chi connectivity index (χ1n) is 4.05. The van der Waals surface area contributed by atoms with E-state index in [0.717, 1.165) is 5.57 Å². The van der Waals surface area contributed by atoms with Crippen molar-refractivity contribution >= 4 is 12.6 Å². The molecule has 0 amide bonds. The van der Waals surface area contributed by atoms with Crippen LogP contribution in [0.1, 0.15) is 6.42 Å². The average Bonchev–Trinajstić information content (AvgIpc) is 2.18. The second-order valence-electron chi connectivity index (χ2n) is 2.66. The number of nitrogens with zero attached hydrogens (tertiary/aromatic N) is 1. The van der Waals surface area contributed by atoms with Crippen LogP contribution in [0.5, 0.6) is 0 Å². The standard InChI is InChI=1S/C10H10N2OS/c11-7-9-8(4-2-6-12-13)3-1-5-10(9)14/h1-2,4-6,12-14H,3H2/b6-2-,8-4+. The van der Waals surface area contributed by atoms with E-state index in [-0.39, 0.29) is 0 Å². The Labute approximate surface area is 88.1 Å². The summed E-state index contributed by atoms with van der Waals surface area (Å²) < 4.78 is 0. The van der Waals surface area contributed by atoms with Gasteiger partial charge in [-0.1, -0.05) is 18.2 Å². The summed E-state index contributed by atoms with van der Waals surface area (Å²) >= 11 is 4.18. The van der Waals surface area contributed by atoms with Crippen LogP contribution in [0.25, 0.3) is 0 Å². The van der Waals surface area contributed by atoms with E-state index in [1.54, 1.807) is 12.2 Å². The van der Waals surface area contributed by atoms with Gasteiger partial charge in [-0.05, 0) is 18.1 Å². The first kappa shape index (κ1) is 10.6. The van der Waals surface area contributed by atoms with Crippen LogP contribution in [0, 0.1) is 11.3 Å². The maximum atomic E-state index is 8.87. The summed E-state index contributed by atoms with van der Waals surface area (Å²) in [6, 6.07) is 2.10. The molecule has 0 spiro atoms. The second kappa shape index (κ2) is 5.32. The lowest BCUT2D eigenvalue weighted by atomic mass is 9.99. The molecule has 0 aromatic carbocycles. The maximum Gasteiger partial charge on any atom is 0.101 e. The number of thiol groups is 1. The number of rotatable bonds is 2. The van der Waals surface area contributed by atoms with Crippen LogP contribution in [0.2, 0.25) is 0 Å². The summed E-state index contributed by atoms with van der Waals surface area (Å²) in [5.74, 6) is 0. The highest BCUT2D eigenvalue weighted by atomic mass is 32.1. The molecule has 0 aromatic rings.